The first-order valence-electron chi connectivity index (χ1n) is 6.42. The van der Waals surface area contributed by atoms with E-state index in [2.05, 4.69) is 33.4 Å². The van der Waals surface area contributed by atoms with Crippen LogP contribution in [0.3, 0.4) is 0 Å². The van der Waals surface area contributed by atoms with Crippen LogP contribution >= 0.6 is 0 Å². The summed E-state index contributed by atoms with van der Waals surface area (Å²) in [4.78, 5) is 0. The number of rotatable bonds is 1. The Morgan fingerprint density at radius 2 is 2.07 bits per heavy atom. The highest BCUT2D eigenvalue weighted by Crippen LogP contribution is 2.47. The maximum atomic E-state index is 4.19. The first kappa shape index (κ1) is 11.0. The Labute approximate surface area is 94.5 Å². The van der Waals surface area contributed by atoms with Crippen LogP contribution in [0.15, 0.2) is 23.8 Å². The Hall–Kier alpha value is -0.520. The molecule has 0 unspecified atom stereocenters. The van der Waals surface area contributed by atoms with Gasteiger partial charge in [-0.3, -0.25) is 0 Å². The molecule has 0 aromatic carbocycles. The average Bonchev–Trinajstić information content (AvgIpc) is 2.17. The second-order valence-corrected chi connectivity index (χ2v) is 5.80. The second-order valence-electron chi connectivity index (χ2n) is 5.80. The van der Waals surface area contributed by atoms with Crippen molar-refractivity contribution in [1.29, 1.82) is 0 Å². The minimum Gasteiger partial charge on any atom is -0.0998 e. The van der Waals surface area contributed by atoms with Gasteiger partial charge < -0.3 is 0 Å². The van der Waals surface area contributed by atoms with Crippen molar-refractivity contribution < 1.29 is 0 Å². The van der Waals surface area contributed by atoms with Gasteiger partial charge in [0.2, 0.25) is 0 Å². The summed E-state index contributed by atoms with van der Waals surface area (Å²) in [5.41, 5.74) is 3.01. The predicted molar refractivity (Wildman–Crippen MR) is 66.7 cm³/mol. The molecule has 15 heavy (non-hydrogen) atoms. The summed E-state index contributed by atoms with van der Waals surface area (Å²) in [6.07, 6.45) is 8.07. The van der Waals surface area contributed by atoms with Crippen molar-refractivity contribution >= 4 is 0 Å². The number of allylic oxidation sites excluding steroid dienone is 3. The lowest BCUT2D eigenvalue weighted by atomic mass is 9.61. The van der Waals surface area contributed by atoms with Crippen molar-refractivity contribution in [2.75, 3.05) is 0 Å². The molecule has 0 spiro atoms. The van der Waals surface area contributed by atoms with Crippen LogP contribution < -0.4 is 0 Å². The predicted octanol–water partition coefficient (Wildman–Crippen LogP) is 4.58. The summed E-state index contributed by atoms with van der Waals surface area (Å²) < 4.78 is 0. The first-order chi connectivity index (χ1) is 7.09. The van der Waals surface area contributed by atoms with Gasteiger partial charge in [-0.15, -0.1) is 0 Å². The molecule has 0 aliphatic heterocycles. The monoisotopic (exact) mass is 204 g/mol. The van der Waals surface area contributed by atoms with Gasteiger partial charge >= 0.3 is 0 Å². The first-order valence-corrected chi connectivity index (χ1v) is 6.42. The maximum absolute atomic E-state index is 4.19. The fourth-order valence-corrected chi connectivity index (χ4v) is 3.62. The van der Waals surface area contributed by atoms with E-state index in [4.69, 9.17) is 0 Å². The van der Waals surface area contributed by atoms with E-state index in [0.29, 0.717) is 0 Å². The van der Waals surface area contributed by atoms with Gasteiger partial charge in [0.25, 0.3) is 0 Å². The quantitative estimate of drug-likeness (QED) is 0.548. The highest BCUT2D eigenvalue weighted by Gasteiger charge is 2.37. The van der Waals surface area contributed by atoms with Crippen molar-refractivity contribution in [3.63, 3.8) is 0 Å². The van der Waals surface area contributed by atoms with E-state index >= 15 is 0 Å². The third-order valence-corrected chi connectivity index (χ3v) is 4.60. The molecule has 84 valence electrons. The third-order valence-electron chi connectivity index (χ3n) is 4.60. The molecule has 0 bridgehead atoms. The number of hydrogen-bond donors (Lipinski definition) is 0. The lowest BCUT2D eigenvalue weighted by molar-refractivity contribution is 0.135. The molecule has 0 heterocycles. The Balaban J connectivity index is 2.24. The lowest BCUT2D eigenvalue weighted by Crippen LogP contribution is -2.34. The van der Waals surface area contributed by atoms with Gasteiger partial charge in [0.05, 0.1) is 0 Å². The standard InChI is InChI=1S/C15H24/c1-10(2)13-8-6-12(4)14-7-5-11(3)9-15(13)14/h9,12-15H,1,5-8H2,2-4H3/t12-,13+,14+,15-/m1/s1. The Kier molecular flexibility index (Phi) is 3.04. The minimum atomic E-state index is 0.765. The topological polar surface area (TPSA) is 0 Å². The molecule has 0 aromatic rings. The summed E-state index contributed by atoms with van der Waals surface area (Å²) in [5.74, 6) is 3.43. The summed E-state index contributed by atoms with van der Waals surface area (Å²) in [5, 5.41) is 0. The summed E-state index contributed by atoms with van der Waals surface area (Å²) in [7, 11) is 0. The van der Waals surface area contributed by atoms with Crippen LogP contribution in [-0.2, 0) is 0 Å². The van der Waals surface area contributed by atoms with Gasteiger partial charge in [0, 0.05) is 0 Å². The van der Waals surface area contributed by atoms with Crippen LogP contribution in [0.4, 0.5) is 0 Å². The SMILES string of the molecule is C=C(C)[C@@H]1CC[C@@H](C)[C@@H]2CCC(C)=C[C@@H]21. The summed E-state index contributed by atoms with van der Waals surface area (Å²) >= 11 is 0. The molecule has 0 heteroatoms. The van der Waals surface area contributed by atoms with E-state index < -0.39 is 0 Å². The normalized spacial score (nSPS) is 40.6. The molecule has 0 aromatic heterocycles. The molecule has 2 aliphatic carbocycles. The molecule has 0 saturated heterocycles. The van der Waals surface area contributed by atoms with Gasteiger partial charge in [-0.25, -0.2) is 0 Å². The van der Waals surface area contributed by atoms with E-state index in [1.54, 1.807) is 5.57 Å². The van der Waals surface area contributed by atoms with Gasteiger partial charge in [-0.05, 0) is 63.2 Å². The van der Waals surface area contributed by atoms with Crippen LogP contribution in [0.25, 0.3) is 0 Å². The van der Waals surface area contributed by atoms with E-state index in [-0.39, 0.29) is 0 Å². The largest absolute Gasteiger partial charge is 0.0998 e. The molecule has 0 N–H and O–H groups in total. The highest BCUT2D eigenvalue weighted by atomic mass is 14.4. The van der Waals surface area contributed by atoms with E-state index in [9.17, 15) is 0 Å². The molecule has 1 saturated carbocycles. The molecule has 0 amide bonds. The van der Waals surface area contributed by atoms with Crippen LogP contribution in [0.1, 0.15) is 46.5 Å². The molecule has 1 fully saturated rings. The lowest BCUT2D eigenvalue weighted by Gasteiger charge is -2.44. The molecule has 2 rings (SSSR count). The van der Waals surface area contributed by atoms with Gasteiger partial charge in [0.1, 0.15) is 0 Å². The Bertz CT molecular complexity index is 284. The highest BCUT2D eigenvalue weighted by molar-refractivity contribution is 5.15. The maximum Gasteiger partial charge on any atom is -0.0134 e. The molecule has 2 aliphatic rings. The zero-order valence-corrected chi connectivity index (χ0v) is 10.4. The van der Waals surface area contributed by atoms with Crippen molar-refractivity contribution in [3.8, 4) is 0 Å². The summed E-state index contributed by atoms with van der Waals surface area (Å²) in [6.45, 7) is 11.2. The van der Waals surface area contributed by atoms with Gasteiger partial charge in [0.15, 0.2) is 0 Å². The number of hydrogen-bond acceptors (Lipinski definition) is 0. The molecular formula is C15H24. The minimum absolute atomic E-state index is 0.765. The van der Waals surface area contributed by atoms with E-state index in [1.165, 1.54) is 31.3 Å². The van der Waals surface area contributed by atoms with Crippen LogP contribution in [0.5, 0.6) is 0 Å². The van der Waals surface area contributed by atoms with E-state index in [1.807, 2.05) is 0 Å². The second kappa shape index (κ2) is 4.15. The van der Waals surface area contributed by atoms with Crippen LogP contribution in [0.2, 0.25) is 0 Å². The Morgan fingerprint density at radius 1 is 1.33 bits per heavy atom. The number of fused-ring (bicyclic) bond motifs is 1. The van der Waals surface area contributed by atoms with Crippen molar-refractivity contribution in [2.24, 2.45) is 23.7 Å². The van der Waals surface area contributed by atoms with Crippen molar-refractivity contribution in [2.45, 2.75) is 46.5 Å². The smallest absolute Gasteiger partial charge is 0.0134 e. The van der Waals surface area contributed by atoms with Gasteiger partial charge in [-0.2, -0.15) is 0 Å². The molecule has 0 nitrogen and oxygen atoms in total. The zero-order chi connectivity index (χ0) is 11.0. The van der Waals surface area contributed by atoms with Crippen molar-refractivity contribution in [1.82, 2.24) is 0 Å². The fourth-order valence-electron chi connectivity index (χ4n) is 3.62. The van der Waals surface area contributed by atoms with Crippen molar-refractivity contribution in [3.05, 3.63) is 23.8 Å². The molecule has 0 radical (unpaired) electrons. The van der Waals surface area contributed by atoms with Crippen LogP contribution in [0, 0.1) is 23.7 Å². The van der Waals surface area contributed by atoms with E-state index in [0.717, 1.165) is 23.7 Å². The average molecular weight is 204 g/mol. The Morgan fingerprint density at radius 3 is 2.73 bits per heavy atom. The molecule has 4 atom stereocenters. The zero-order valence-electron chi connectivity index (χ0n) is 10.4. The fraction of sp³-hybridized carbons (Fsp3) is 0.733. The third kappa shape index (κ3) is 2.04. The molecular weight excluding hydrogens is 180 g/mol. The van der Waals surface area contributed by atoms with Gasteiger partial charge in [-0.1, -0.05) is 30.7 Å². The summed E-state index contributed by atoms with van der Waals surface area (Å²) in [6, 6.07) is 0. The van der Waals surface area contributed by atoms with Crippen LogP contribution in [-0.4, -0.2) is 0 Å².